The molecule has 1 aromatic carbocycles. The first-order valence-electron chi connectivity index (χ1n) is 6.48. The Labute approximate surface area is 110 Å². The van der Waals surface area contributed by atoms with Crippen LogP contribution in [0.15, 0.2) is 22.6 Å². The molecule has 0 spiro atoms. The predicted molar refractivity (Wildman–Crippen MR) is 71.3 cm³/mol. The van der Waals surface area contributed by atoms with E-state index >= 15 is 0 Å². The maximum absolute atomic E-state index is 10.9. The molecule has 1 fully saturated rings. The Morgan fingerprint density at radius 2 is 2.16 bits per heavy atom. The van der Waals surface area contributed by atoms with Crippen molar-refractivity contribution in [1.29, 1.82) is 0 Å². The summed E-state index contributed by atoms with van der Waals surface area (Å²) in [5.74, 6) is -0.215. The zero-order valence-electron chi connectivity index (χ0n) is 10.8. The second kappa shape index (κ2) is 4.57. The number of piperidine rings is 1. The van der Waals surface area contributed by atoms with Crippen molar-refractivity contribution in [3.63, 3.8) is 0 Å². The summed E-state index contributed by atoms with van der Waals surface area (Å²) < 4.78 is 5.45. The van der Waals surface area contributed by atoms with E-state index in [4.69, 9.17) is 9.52 Å². The summed E-state index contributed by atoms with van der Waals surface area (Å²) in [6, 6.07) is 5.94. The van der Waals surface area contributed by atoms with Gasteiger partial charge in [0.15, 0.2) is 11.5 Å². The fourth-order valence-corrected chi connectivity index (χ4v) is 2.61. The van der Waals surface area contributed by atoms with Crippen molar-refractivity contribution in [2.45, 2.75) is 19.8 Å². The summed E-state index contributed by atoms with van der Waals surface area (Å²) in [6.45, 7) is 3.39. The number of nitrogens with zero attached hydrogens (tertiary/aromatic N) is 2. The fourth-order valence-electron chi connectivity index (χ4n) is 2.61. The van der Waals surface area contributed by atoms with Gasteiger partial charge in [-0.25, -0.2) is 4.98 Å². The van der Waals surface area contributed by atoms with Gasteiger partial charge in [0.05, 0.1) is 5.92 Å². The van der Waals surface area contributed by atoms with Crippen LogP contribution in [0, 0.1) is 12.8 Å². The van der Waals surface area contributed by atoms with Gasteiger partial charge in [-0.2, -0.15) is 0 Å². The largest absolute Gasteiger partial charge is 0.481 e. The van der Waals surface area contributed by atoms with Gasteiger partial charge in [-0.1, -0.05) is 0 Å². The van der Waals surface area contributed by atoms with Gasteiger partial charge in [-0.05, 0) is 31.0 Å². The number of benzene rings is 1. The lowest BCUT2D eigenvalue weighted by Crippen LogP contribution is -2.36. The molecule has 1 saturated heterocycles. The molecule has 100 valence electrons. The molecule has 0 atom stereocenters. The lowest BCUT2D eigenvalue weighted by atomic mass is 9.97. The Kier molecular flexibility index (Phi) is 2.89. The number of carboxylic acid groups (broad SMARTS) is 1. The van der Waals surface area contributed by atoms with E-state index in [-0.39, 0.29) is 5.92 Å². The molecule has 1 aliphatic heterocycles. The van der Waals surface area contributed by atoms with Crippen molar-refractivity contribution in [2.24, 2.45) is 5.92 Å². The number of aliphatic carboxylic acids is 1. The van der Waals surface area contributed by atoms with Crippen LogP contribution in [0.3, 0.4) is 0 Å². The predicted octanol–water partition coefficient (Wildman–Crippen LogP) is 2.44. The smallest absolute Gasteiger partial charge is 0.306 e. The van der Waals surface area contributed by atoms with Crippen molar-refractivity contribution in [3.05, 3.63) is 24.1 Å². The molecule has 3 rings (SSSR count). The molecule has 5 heteroatoms. The van der Waals surface area contributed by atoms with Crippen molar-refractivity contribution >= 4 is 22.8 Å². The van der Waals surface area contributed by atoms with Gasteiger partial charge in [0.2, 0.25) is 0 Å². The minimum atomic E-state index is -0.678. The third-order valence-electron chi connectivity index (χ3n) is 3.69. The van der Waals surface area contributed by atoms with Gasteiger partial charge < -0.3 is 14.4 Å². The first-order chi connectivity index (χ1) is 9.13. The second-order valence-corrected chi connectivity index (χ2v) is 4.98. The number of anilines is 1. The molecule has 0 aliphatic carbocycles. The van der Waals surface area contributed by atoms with Crippen LogP contribution in [0.5, 0.6) is 0 Å². The Hall–Kier alpha value is -2.04. The standard InChI is InChI=1S/C14H16N2O3/c1-9-15-12-8-11(2-3-13(12)19-9)16-6-4-10(5-7-16)14(17)18/h2-3,8,10H,4-7H2,1H3,(H,17,18). The number of oxazole rings is 1. The van der Waals surface area contributed by atoms with Crippen LogP contribution in [0.2, 0.25) is 0 Å². The monoisotopic (exact) mass is 260 g/mol. The van der Waals surface area contributed by atoms with Crippen LogP contribution in [-0.2, 0) is 4.79 Å². The van der Waals surface area contributed by atoms with Crippen LogP contribution < -0.4 is 4.90 Å². The topological polar surface area (TPSA) is 66.6 Å². The summed E-state index contributed by atoms with van der Waals surface area (Å²) >= 11 is 0. The number of aromatic nitrogens is 1. The fraction of sp³-hybridized carbons (Fsp3) is 0.429. The maximum Gasteiger partial charge on any atom is 0.306 e. The van der Waals surface area contributed by atoms with Crippen LogP contribution in [0.25, 0.3) is 11.1 Å². The van der Waals surface area contributed by atoms with Crippen LogP contribution >= 0.6 is 0 Å². The van der Waals surface area contributed by atoms with E-state index in [9.17, 15) is 4.79 Å². The maximum atomic E-state index is 10.9. The first-order valence-corrected chi connectivity index (χ1v) is 6.48. The molecule has 19 heavy (non-hydrogen) atoms. The Morgan fingerprint density at radius 1 is 1.42 bits per heavy atom. The van der Waals surface area contributed by atoms with Crippen molar-refractivity contribution in [2.75, 3.05) is 18.0 Å². The Morgan fingerprint density at radius 3 is 2.84 bits per heavy atom. The van der Waals surface area contributed by atoms with Gasteiger partial charge in [0, 0.05) is 25.7 Å². The van der Waals surface area contributed by atoms with E-state index in [2.05, 4.69) is 9.88 Å². The molecule has 0 bridgehead atoms. The Balaban J connectivity index is 1.79. The molecule has 1 aliphatic rings. The summed E-state index contributed by atoms with van der Waals surface area (Å²) in [4.78, 5) is 17.5. The van der Waals surface area contributed by atoms with Gasteiger partial charge >= 0.3 is 5.97 Å². The van der Waals surface area contributed by atoms with Gasteiger partial charge in [0.1, 0.15) is 5.52 Å². The quantitative estimate of drug-likeness (QED) is 0.898. The molecule has 0 radical (unpaired) electrons. The van der Waals surface area contributed by atoms with E-state index in [1.807, 2.05) is 25.1 Å². The lowest BCUT2D eigenvalue weighted by molar-refractivity contribution is -0.142. The molecule has 1 N–H and O–H groups in total. The average molecular weight is 260 g/mol. The average Bonchev–Trinajstić information content (AvgIpc) is 2.77. The molecule has 0 saturated carbocycles. The summed E-state index contributed by atoms with van der Waals surface area (Å²) in [5, 5.41) is 9.00. The van der Waals surface area contributed by atoms with E-state index in [1.54, 1.807) is 0 Å². The number of hydrogen-bond donors (Lipinski definition) is 1. The number of carboxylic acids is 1. The summed E-state index contributed by atoms with van der Waals surface area (Å²) in [5.41, 5.74) is 2.74. The SMILES string of the molecule is Cc1nc2cc(N3CCC(C(=O)O)CC3)ccc2o1. The number of rotatable bonds is 2. The van der Waals surface area contributed by atoms with E-state index in [0.29, 0.717) is 18.7 Å². The minimum absolute atomic E-state index is 0.200. The van der Waals surface area contributed by atoms with Gasteiger partial charge in [-0.15, -0.1) is 0 Å². The zero-order valence-corrected chi connectivity index (χ0v) is 10.8. The number of aryl methyl sites for hydroxylation is 1. The van der Waals surface area contributed by atoms with Crippen molar-refractivity contribution in [3.8, 4) is 0 Å². The van der Waals surface area contributed by atoms with Crippen molar-refractivity contribution in [1.82, 2.24) is 4.98 Å². The zero-order chi connectivity index (χ0) is 13.4. The second-order valence-electron chi connectivity index (χ2n) is 4.98. The molecule has 2 heterocycles. The molecule has 2 aromatic rings. The highest BCUT2D eigenvalue weighted by atomic mass is 16.4. The highest BCUT2D eigenvalue weighted by Gasteiger charge is 2.24. The number of hydrogen-bond acceptors (Lipinski definition) is 4. The molecular formula is C14H16N2O3. The third-order valence-corrected chi connectivity index (χ3v) is 3.69. The normalized spacial score (nSPS) is 17.0. The van der Waals surface area contributed by atoms with E-state index in [1.165, 1.54) is 0 Å². The summed E-state index contributed by atoms with van der Waals surface area (Å²) in [7, 11) is 0. The van der Waals surface area contributed by atoms with Crippen LogP contribution in [-0.4, -0.2) is 29.1 Å². The lowest BCUT2D eigenvalue weighted by Gasteiger charge is -2.31. The molecule has 0 unspecified atom stereocenters. The third kappa shape index (κ3) is 2.28. The Bertz CT molecular complexity index is 612. The van der Waals surface area contributed by atoms with Crippen LogP contribution in [0.1, 0.15) is 18.7 Å². The van der Waals surface area contributed by atoms with E-state index < -0.39 is 5.97 Å². The molecular weight excluding hydrogens is 244 g/mol. The minimum Gasteiger partial charge on any atom is -0.481 e. The van der Waals surface area contributed by atoms with Crippen molar-refractivity contribution < 1.29 is 14.3 Å². The molecule has 5 nitrogen and oxygen atoms in total. The highest BCUT2D eigenvalue weighted by molar-refractivity contribution is 5.78. The highest BCUT2D eigenvalue weighted by Crippen LogP contribution is 2.26. The molecule has 0 amide bonds. The first kappa shape index (κ1) is 12.0. The van der Waals surface area contributed by atoms with E-state index in [0.717, 1.165) is 29.9 Å². The molecule has 1 aromatic heterocycles. The van der Waals surface area contributed by atoms with Crippen LogP contribution in [0.4, 0.5) is 5.69 Å². The van der Waals surface area contributed by atoms with Gasteiger partial charge in [-0.3, -0.25) is 4.79 Å². The van der Waals surface area contributed by atoms with Gasteiger partial charge in [0.25, 0.3) is 0 Å². The summed E-state index contributed by atoms with van der Waals surface area (Å²) in [6.07, 6.45) is 1.40. The number of fused-ring (bicyclic) bond motifs is 1. The number of carbonyl (C=O) groups is 1.